The van der Waals surface area contributed by atoms with Crippen LogP contribution in [0.5, 0.6) is 0 Å². The van der Waals surface area contributed by atoms with Crippen LogP contribution in [0, 0.1) is 0 Å². The van der Waals surface area contributed by atoms with Crippen LogP contribution in [0.3, 0.4) is 0 Å². The Morgan fingerprint density at radius 1 is 1.41 bits per heavy atom. The molecule has 94 valence electrons. The molecular formula is C12H19N3O2. The van der Waals surface area contributed by atoms with E-state index in [1.165, 1.54) is 0 Å². The standard InChI is InChI=1S/C12H19N3O2/c1-17-9-8-13-10-12(16)15-7-5-11-4-2-3-6-14-11/h2-4,6,13H,5,7-10H2,1H3,(H,15,16). The molecule has 5 heteroatoms. The third-order valence-electron chi connectivity index (χ3n) is 2.20. The van der Waals surface area contributed by atoms with Gasteiger partial charge in [0.1, 0.15) is 0 Å². The molecule has 0 bridgehead atoms. The van der Waals surface area contributed by atoms with Crippen LogP contribution >= 0.6 is 0 Å². The van der Waals surface area contributed by atoms with E-state index < -0.39 is 0 Å². The fraction of sp³-hybridized carbons (Fsp3) is 0.500. The first-order valence-electron chi connectivity index (χ1n) is 5.69. The maximum atomic E-state index is 11.4. The zero-order chi connectivity index (χ0) is 12.3. The van der Waals surface area contributed by atoms with E-state index in [1.807, 2.05) is 18.2 Å². The van der Waals surface area contributed by atoms with E-state index in [4.69, 9.17) is 4.74 Å². The zero-order valence-electron chi connectivity index (χ0n) is 10.1. The minimum atomic E-state index is -0.00275. The van der Waals surface area contributed by atoms with Crippen LogP contribution in [0.4, 0.5) is 0 Å². The lowest BCUT2D eigenvalue weighted by Gasteiger charge is -2.06. The molecule has 0 saturated carbocycles. The zero-order valence-corrected chi connectivity index (χ0v) is 10.1. The molecule has 0 aromatic carbocycles. The van der Waals surface area contributed by atoms with Gasteiger partial charge in [-0.2, -0.15) is 0 Å². The van der Waals surface area contributed by atoms with Crippen molar-refractivity contribution >= 4 is 5.91 Å². The summed E-state index contributed by atoms with van der Waals surface area (Å²) >= 11 is 0. The van der Waals surface area contributed by atoms with Crippen molar-refractivity contribution in [1.82, 2.24) is 15.6 Å². The van der Waals surface area contributed by atoms with E-state index in [2.05, 4.69) is 15.6 Å². The number of nitrogens with zero attached hydrogens (tertiary/aromatic N) is 1. The molecule has 0 spiro atoms. The van der Waals surface area contributed by atoms with Crippen molar-refractivity contribution in [3.63, 3.8) is 0 Å². The van der Waals surface area contributed by atoms with Crippen molar-refractivity contribution < 1.29 is 9.53 Å². The average Bonchev–Trinajstić information content (AvgIpc) is 2.36. The lowest BCUT2D eigenvalue weighted by Crippen LogP contribution is -2.36. The summed E-state index contributed by atoms with van der Waals surface area (Å²) in [4.78, 5) is 15.5. The van der Waals surface area contributed by atoms with E-state index >= 15 is 0 Å². The summed E-state index contributed by atoms with van der Waals surface area (Å²) in [6, 6.07) is 5.77. The number of hydrogen-bond acceptors (Lipinski definition) is 4. The van der Waals surface area contributed by atoms with Crippen LogP contribution < -0.4 is 10.6 Å². The summed E-state index contributed by atoms with van der Waals surface area (Å²) < 4.78 is 4.86. The second-order valence-electron chi connectivity index (χ2n) is 3.59. The predicted octanol–water partition coefficient (Wildman–Crippen LogP) is -0.0237. The normalized spacial score (nSPS) is 10.2. The summed E-state index contributed by atoms with van der Waals surface area (Å²) in [6.07, 6.45) is 2.51. The maximum absolute atomic E-state index is 11.4. The largest absolute Gasteiger partial charge is 0.383 e. The van der Waals surface area contributed by atoms with Crippen molar-refractivity contribution in [2.24, 2.45) is 0 Å². The molecule has 0 aliphatic heterocycles. The van der Waals surface area contributed by atoms with Crippen molar-refractivity contribution in [2.45, 2.75) is 6.42 Å². The molecule has 1 aromatic rings. The molecular weight excluding hydrogens is 218 g/mol. The van der Waals surface area contributed by atoms with Gasteiger partial charge in [0.25, 0.3) is 0 Å². The fourth-order valence-corrected chi connectivity index (χ4v) is 1.31. The summed E-state index contributed by atoms with van der Waals surface area (Å²) in [5, 5.41) is 5.81. The van der Waals surface area contributed by atoms with E-state index in [1.54, 1.807) is 13.3 Å². The lowest BCUT2D eigenvalue weighted by molar-refractivity contribution is -0.120. The molecule has 0 unspecified atom stereocenters. The van der Waals surface area contributed by atoms with Gasteiger partial charge in [0, 0.05) is 38.5 Å². The quantitative estimate of drug-likeness (QED) is 0.624. The number of amides is 1. The minimum Gasteiger partial charge on any atom is -0.383 e. The molecule has 0 aliphatic carbocycles. The first-order chi connectivity index (χ1) is 8.33. The molecule has 0 atom stereocenters. The van der Waals surface area contributed by atoms with Gasteiger partial charge in [-0.25, -0.2) is 0 Å². The van der Waals surface area contributed by atoms with Crippen LogP contribution in [0.2, 0.25) is 0 Å². The van der Waals surface area contributed by atoms with Crippen molar-refractivity contribution in [1.29, 1.82) is 0 Å². The van der Waals surface area contributed by atoms with Crippen molar-refractivity contribution in [2.75, 3.05) is 33.4 Å². The van der Waals surface area contributed by atoms with Crippen LogP contribution in [-0.4, -0.2) is 44.2 Å². The first-order valence-corrected chi connectivity index (χ1v) is 5.69. The summed E-state index contributed by atoms with van der Waals surface area (Å²) in [5.74, 6) is -0.00275. The van der Waals surface area contributed by atoms with Crippen LogP contribution in [0.25, 0.3) is 0 Å². The van der Waals surface area contributed by atoms with E-state index in [9.17, 15) is 4.79 Å². The highest BCUT2D eigenvalue weighted by molar-refractivity contribution is 5.77. The highest BCUT2D eigenvalue weighted by Crippen LogP contribution is 1.92. The van der Waals surface area contributed by atoms with Gasteiger partial charge in [-0.05, 0) is 12.1 Å². The van der Waals surface area contributed by atoms with Gasteiger partial charge in [-0.3, -0.25) is 9.78 Å². The third-order valence-corrected chi connectivity index (χ3v) is 2.20. The molecule has 2 N–H and O–H groups in total. The predicted molar refractivity (Wildman–Crippen MR) is 65.7 cm³/mol. The molecule has 1 rings (SSSR count). The SMILES string of the molecule is COCCNCC(=O)NCCc1ccccn1. The number of aromatic nitrogens is 1. The van der Waals surface area contributed by atoms with Gasteiger partial charge in [-0.15, -0.1) is 0 Å². The Balaban J connectivity index is 2.04. The van der Waals surface area contributed by atoms with Gasteiger partial charge in [0.2, 0.25) is 5.91 Å². The lowest BCUT2D eigenvalue weighted by atomic mass is 10.3. The highest BCUT2D eigenvalue weighted by Gasteiger charge is 1.99. The van der Waals surface area contributed by atoms with Gasteiger partial charge < -0.3 is 15.4 Å². The average molecular weight is 237 g/mol. The van der Waals surface area contributed by atoms with Crippen molar-refractivity contribution in [3.05, 3.63) is 30.1 Å². The summed E-state index contributed by atoms with van der Waals surface area (Å²) in [6.45, 7) is 2.23. The third kappa shape index (κ3) is 6.65. The molecule has 1 aromatic heterocycles. The molecule has 0 aliphatic rings. The minimum absolute atomic E-state index is 0.00275. The Bertz CT molecular complexity index is 317. The maximum Gasteiger partial charge on any atom is 0.233 e. The number of hydrogen-bond donors (Lipinski definition) is 2. The number of carbonyl (C=O) groups excluding carboxylic acids is 1. The van der Waals surface area contributed by atoms with E-state index in [0.29, 0.717) is 26.2 Å². The Morgan fingerprint density at radius 3 is 3.00 bits per heavy atom. The van der Waals surface area contributed by atoms with Gasteiger partial charge in [0.05, 0.1) is 13.2 Å². The number of ether oxygens (including phenoxy) is 1. The number of carbonyl (C=O) groups is 1. The van der Waals surface area contributed by atoms with Crippen molar-refractivity contribution in [3.8, 4) is 0 Å². The summed E-state index contributed by atoms with van der Waals surface area (Å²) in [5.41, 5.74) is 0.986. The van der Waals surface area contributed by atoms with Crippen LogP contribution in [0.1, 0.15) is 5.69 Å². The van der Waals surface area contributed by atoms with Gasteiger partial charge in [0.15, 0.2) is 0 Å². The molecule has 17 heavy (non-hydrogen) atoms. The Labute approximate surface area is 102 Å². The van der Waals surface area contributed by atoms with Crippen LogP contribution in [-0.2, 0) is 16.0 Å². The topological polar surface area (TPSA) is 63.2 Å². The van der Waals surface area contributed by atoms with Gasteiger partial charge in [-0.1, -0.05) is 6.07 Å². The fourth-order valence-electron chi connectivity index (χ4n) is 1.31. The monoisotopic (exact) mass is 237 g/mol. The molecule has 5 nitrogen and oxygen atoms in total. The smallest absolute Gasteiger partial charge is 0.233 e. The number of pyridine rings is 1. The Hall–Kier alpha value is -1.46. The van der Waals surface area contributed by atoms with E-state index in [-0.39, 0.29) is 5.91 Å². The van der Waals surface area contributed by atoms with Crippen LogP contribution in [0.15, 0.2) is 24.4 Å². The molecule has 0 fully saturated rings. The number of nitrogens with one attached hydrogen (secondary N) is 2. The molecule has 0 saturated heterocycles. The molecule has 0 radical (unpaired) electrons. The second kappa shape index (κ2) is 8.66. The second-order valence-corrected chi connectivity index (χ2v) is 3.59. The Kier molecular flexibility index (Phi) is 6.93. The molecule has 1 amide bonds. The summed E-state index contributed by atoms with van der Waals surface area (Å²) in [7, 11) is 1.63. The number of rotatable bonds is 8. The molecule has 1 heterocycles. The number of methoxy groups -OCH3 is 1. The first kappa shape index (κ1) is 13.6. The highest BCUT2D eigenvalue weighted by atomic mass is 16.5. The Morgan fingerprint density at radius 2 is 2.29 bits per heavy atom. The van der Waals surface area contributed by atoms with E-state index in [0.717, 1.165) is 12.1 Å². The van der Waals surface area contributed by atoms with Gasteiger partial charge >= 0.3 is 0 Å².